The number of hydrogen-bond donors (Lipinski definition) is 2. The maximum Gasteiger partial charge on any atom is 0.247 e. The third kappa shape index (κ3) is 6.52. The van der Waals surface area contributed by atoms with E-state index in [2.05, 4.69) is 56.0 Å². The molecule has 1 aliphatic heterocycles. The van der Waals surface area contributed by atoms with Gasteiger partial charge in [0.25, 0.3) is 0 Å². The summed E-state index contributed by atoms with van der Waals surface area (Å²) < 4.78 is 5.83. The Bertz CT molecular complexity index is 1580. The third-order valence-corrected chi connectivity index (χ3v) is 6.61. The van der Waals surface area contributed by atoms with Gasteiger partial charge in [-0.3, -0.25) is 9.78 Å². The first-order valence-electron chi connectivity index (χ1n) is 12.5. The molecule has 1 aliphatic rings. The van der Waals surface area contributed by atoms with Crippen LogP contribution in [0, 0.1) is 17.8 Å². The summed E-state index contributed by atoms with van der Waals surface area (Å²) in [5.74, 6) is 7.69. The number of rotatable bonds is 7. The number of carbonyl (C=O) groups excluding carboxylic acids is 1. The highest BCUT2D eigenvalue weighted by atomic mass is 35.5. The van der Waals surface area contributed by atoms with Gasteiger partial charge in [-0.2, -0.15) is 0 Å². The van der Waals surface area contributed by atoms with E-state index in [0.717, 1.165) is 36.3 Å². The maximum absolute atomic E-state index is 12.2. The fraction of sp³-hybridized carbons (Fsp3) is 0.200. The molecule has 196 valence electrons. The number of likely N-dealkylation sites (tertiary alicyclic amines) is 1. The van der Waals surface area contributed by atoms with Crippen LogP contribution < -0.4 is 15.4 Å². The van der Waals surface area contributed by atoms with Gasteiger partial charge in [-0.15, -0.1) is 0 Å². The monoisotopic (exact) mass is 538 g/mol. The number of fused-ring (bicyclic) bond motifs is 1. The molecule has 2 N–H and O–H groups in total. The zero-order valence-electron chi connectivity index (χ0n) is 21.4. The van der Waals surface area contributed by atoms with Crippen LogP contribution in [0.3, 0.4) is 0 Å². The minimum absolute atomic E-state index is 0.289. The van der Waals surface area contributed by atoms with Crippen molar-refractivity contribution in [3.05, 3.63) is 90.0 Å². The second-order valence-corrected chi connectivity index (χ2v) is 9.63. The number of aromatic nitrogens is 3. The molecule has 9 heteroatoms. The van der Waals surface area contributed by atoms with Gasteiger partial charge in [0.15, 0.2) is 0 Å². The van der Waals surface area contributed by atoms with Crippen LogP contribution in [0.15, 0.2) is 73.7 Å². The lowest BCUT2D eigenvalue weighted by molar-refractivity contribution is -0.111. The standard InChI is InChI=1S/C30H27ClN6O2/c1-3-29(38)36-26-16-24-27(14-21(26)8-7-20-11-13-37(2)17-20)33-19-34-30(24)35-22-9-10-28(25(31)15-22)39-18-23-6-4-5-12-32-23/h3-6,9-10,12,14-16,19-20H,1,11,13,17-18H2,2H3,(H,36,38)(H,33,34,35). The molecular formula is C30H27ClN6O2. The van der Waals surface area contributed by atoms with E-state index in [-0.39, 0.29) is 11.8 Å². The average Bonchev–Trinajstić information content (AvgIpc) is 3.37. The summed E-state index contributed by atoms with van der Waals surface area (Å²) in [6.07, 6.45) is 5.46. The molecule has 2 aromatic carbocycles. The highest BCUT2D eigenvalue weighted by molar-refractivity contribution is 6.32. The molecule has 3 heterocycles. The number of nitrogens with one attached hydrogen (secondary N) is 2. The Morgan fingerprint density at radius 3 is 2.87 bits per heavy atom. The van der Waals surface area contributed by atoms with Crippen LogP contribution in [0.25, 0.3) is 10.9 Å². The van der Waals surface area contributed by atoms with E-state index in [4.69, 9.17) is 16.3 Å². The summed E-state index contributed by atoms with van der Waals surface area (Å²) in [4.78, 5) is 27.6. The van der Waals surface area contributed by atoms with Crippen LogP contribution in [0.4, 0.5) is 17.2 Å². The van der Waals surface area contributed by atoms with E-state index in [1.54, 1.807) is 18.3 Å². The first-order chi connectivity index (χ1) is 19.0. The molecule has 1 fully saturated rings. The van der Waals surface area contributed by atoms with Gasteiger partial charge in [-0.05, 0) is 68.6 Å². The summed E-state index contributed by atoms with van der Waals surface area (Å²) in [5, 5.41) is 7.35. The SMILES string of the molecule is C=CC(=O)Nc1cc2c(Nc3ccc(OCc4ccccn4)c(Cl)c3)ncnc2cc1C#CC1CCN(C)C1. The largest absolute Gasteiger partial charge is 0.486 e. The number of ether oxygens (including phenoxy) is 1. The average molecular weight is 539 g/mol. The second kappa shape index (κ2) is 11.9. The summed E-state index contributed by atoms with van der Waals surface area (Å²) >= 11 is 6.50. The fourth-order valence-corrected chi connectivity index (χ4v) is 4.53. The molecular weight excluding hydrogens is 512 g/mol. The fourth-order valence-electron chi connectivity index (χ4n) is 4.29. The molecule has 8 nitrogen and oxygen atoms in total. The molecule has 5 rings (SSSR count). The van der Waals surface area contributed by atoms with Crippen molar-refractivity contribution in [3.8, 4) is 17.6 Å². The van der Waals surface area contributed by atoms with Crippen LogP contribution >= 0.6 is 11.6 Å². The molecule has 2 aromatic heterocycles. The van der Waals surface area contributed by atoms with E-state index >= 15 is 0 Å². The zero-order chi connectivity index (χ0) is 27.2. The number of anilines is 3. The Morgan fingerprint density at radius 1 is 1.23 bits per heavy atom. The van der Waals surface area contributed by atoms with Crippen LogP contribution in [-0.2, 0) is 11.4 Å². The van der Waals surface area contributed by atoms with Gasteiger partial charge in [-0.25, -0.2) is 9.97 Å². The van der Waals surface area contributed by atoms with Gasteiger partial charge in [0, 0.05) is 29.7 Å². The van der Waals surface area contributed by atoms with Gasteiger partial charge >= 0.3 is 0 Å². The van der Waals surface area contributed by atoms with Crippen molar-refractivity contribution >= 4 is 45.6 Å². The molecule has 1 amide bonds. The first-order valence-corrected chi connectivity index (χ1v) is 12.9. The molecule has 1 saturated heterocycles. The maximum atomic E-state index is 12.2. The Labute approximate surface area is 232 Å². The molecule has 0 radical (unpaired) electrons. The van der Waals surface area contributed by atoms with Crippen LogP contribution in [0.1, 0.15) is 17.7 Å². The number of benzene rings is 2. The first kappa shape index (κ1) is 26.2. The lowest BCUT2D eigenvalue weighted by atomic mass is 10.1. The normalized spacial score (nSPS) is 14.9. The minimum atomic E-state index is -0.322. The molecule has 0 saturated carbocycles. The van der Waals surface area contributed by atoms with E-state index < -0.39 is 0 Å². The van der Waals surface area contributed by atoms with Gasteiger partial charge < -0.3 is 20.3 Å². The highest BCUT2D eigenvalue weighted by Crippen LogP contribution is 2.32. The number of halogens is 1. The Hall–Kier alpha value is -4.45. The van der Waals surface area contributed by atoms with Crippen molar-refractivity contribution in [1.29, 1.82) is 0 Å². The van der Waals surface area contributed by atoms with E-state index in [1.165, 1.54) is 12.4 Å². The minimum Gasteiger partial charge on any atom is -0.486 e. The molecule has 1 unspecified atom stereocenters. The predicted octanol–water partition coefficient (Wildman–Crippen LogP) is 5.43. The van der Waals surface area contributed by atoms with Crippen LogP contribution in [0.5, 0.6) is 5.75 Å². The van der Waals surface area contributed by atoms with Crippen molar-refractivity contribution in [3.63, 3.8) is 0 Å². The summed E-state index contributed by atoms with van der Waals surface area (Å²) in [6, 6.07) is 14.8. The van der Waals surface area contributed by atoms with Crippen molar-refractivity contribution in [1.82, 2.24) is 19.9 Å². The van der Waals surface area contributed by atoms with E-state index in [0.29, 0.717) is 40.0 Å². The summed E-state index contributed by atoms with van der Waals surface area (Å²) in [7, 11) is 2.09. The van der Waals surface area contributed by atoms with Crippen molar-refractivity contribution in [2.45, 2.75) is 13.0 Å². The van der Waals surface area contributed by atoms with E-state index in [9.17, 15) is 4.79 Å². The molecule has 0 bridgehead atoms. The molecule has 0 spiro atoms. The number of hydrogen-bond acceptors (Lipinski definition) is 7. The third-order valence-electron chi connectivity index (χ3n) is 6.32. The van der Waals surface area contributed by atoms with Crippen LogP contribution in [-0.4, -0.2) is 45.9 Å². The molecule has 1 atom stereocenters. The smallest absolute Gasteiger partial charge is 0.247 e. The summed E-state index contributed by atoms with van der Waals surface area (Å²) in [5.41, 5.74) is 3.48. The lowest BCUT2D eigenvalue weighted by Crippen LogP contribution is -2.13. The van der Waals surface area contributed by atoms with Crippen molar-refractivity contribution in [2.24, 2.45) is 5.92 Å². The summed E-state index contributed by atoms with van der Waals surface area (Å²) in [6.45, 7) is 5.84. The van der Waals surface area contributed by atoms with Crippen molar-refractivity contribution in [2.75, 3.05) is 30.8 Å². The predicted molar refractivity (Wildman–Crippen MR) is 154 cm³/mol. The van der Waals surface area contributed by atoms with Crippen molar-refractivity contribution < 1.29 is 9.53 Å². The van der Waals surface area contributed by atoms with Gasteiger partial charge in [-0.1, -0.05) is 36.1 Å². The Kier molecular flexibility index (Phi) is 8.02. The Morgan fingerprint density at radius 2 is 2.13 bits per heavy atom. The van der Waals surface area contributed by atoms with Gasteiger partial charge in [0.2, 0.25) is 5.91 Å². The highest BCUT2D eigenvalue weighted by Gasteiger charge is 2.17. The quantitative estimate of drug-likeness (QED) is 0.239. The number of nitrogens with zero attached hydrogens (tertiary/aromatic N) is 4. The second-order valence-electron chi connectivity index (χ2n) is 9.23. The van der Waals surface area contributed by atoms with E-state index in [1.807, 2.05) is 36.4 Å². The Balaban J connectivity index is 1.41. The zero-order valence-corrected chi connectivity index (χ0v) is 22.2. The molecule has 39 heavy (non-hydrogen) atoms. The van der Waals surface area contributed by atoms with Gasteiger partial charge in [0.1, 0.15) is 24.5 Å². The molecule has 0 aliphatic carbocycles. The van der Waals surface area contributed by atoms with Crippen LogP contribution in [0.2, 0.25) is 5.02 Å². The number of amides is 1. The van der Waals surface area contributed by atoms with Gasteiger partial charge in [0.05, 0.1) is 27.5 Å². The lowest BCUT2D eigenvalue weighted by Gasteiger charge is -2.13. The topological polar surface area (TPSA) is 92.3 Å². The number of carbonyl (C=O) groups is 1. The molecule has 4 aromatic rings. The number of pyridine rings is 1.